The summed E-state index contributed by atoms with van der Waals surface area (Å²) in [6.45, 7) is 14.8. The molecule has 3 saturated carbocycles. The highest BCUT2D eigenvalue weighted by Gasteiger charge is 2.57. The summed E-state index contributed by atoms with van der Waals surface area (Å²) in [6.07, 6.45) is 19.2. The number of allylic oxidation sites excluding steroid dienone is 4. The van der Waals surface area contributed by atoms with Gasteiger partial charge < -0.3 is 5.11 Å². The van der Waals surface area contributed by atoms with Gasteiger partial charge in [-0.25, -0.2) is 0 Å². The van der Waals surface area contributed by atoms with Crippen LogP contribution >= 0.6 is 0 Å². The monoisotopic (exact) mass is 412 g/mol. The van der Waals surface area contributed by atoms with Crippen molar-refractivity contribution in [2.75, 3.05) is 0 Å². The van der Waals surface area contributed by atoms with E-state index in [1.807, 2.05) is 5.57 Å². The molecule has 4 aliphatic rings. The zero-order valence-electron chi connectivity index (χ0n) is 20.7. The smallest absolute Gasteiger partial charge is 0.0543 e. The van der Waals surface area contributed by atoms with Crippen molar-refractivity contribution in [1.29, 1.82) is 0 Å². The van der Waals surface area contributed by atoms with Crippen LogP contribution < -0.4 is 0 Å². The van der Waals surface area contributed by atoms with E-state index in [4.69, 9.17) is 0 Å². The Kier molecular flexibility index (Phi) is 6.35. The molecule has 0 aromatic heterocycles. The van der Waals surface area contributed by atoms with Crippen molar-refractivity contribution in [3.8, 4) is 0 Å². The predicted molar refractivity (Wildman–Crippen MR) is 128 cm³/mol. The molecule has 0 aromatic carbocycles. The number of hydrogen-bond acceptors (Lipinski definition) is 1. The Balaban J connectivity index is 1.53. The van der Waals surface area contributed by atoms with Crippen molar-refractivity contribution in [3.05, 3.63) is 23.8 Å². The van der Waals surface area contributed by atoms with Crippen molar-refractivity contribution >= 4 is 0 Å². The van der Waals surface area contributed by atoms with Gasteiger partial charge in [0.15, 0.2) is 0 Å². The molecule has 30 heavy (non-hydrogen) atoms. The van der Waals surface area contributed by atoms with Gasteiger partial charge in [0.2, 0.25) is 0 Å². The maximum atomic E-state index is 10.3. The first-order valence-corrected chi connectivity index (χ1v) is 13.3. The summed E-state index contributed by atoms with van der Waals surface area (Å²) in [5.41, 5.74) is 2.79. The summed E-state index contributed by atoms with van der Waals surface area (Å²) in [5.74, 6) is 5.32. The first kappa shape index (κ1) is 22.6. The summed E-state index contributed by atoms with van der Waals surface area (Å²) in [4.78, 5) is 0. The summed E-state index contributed by atoms with van der Waals surface area (Å²) >= 11 is 0. The molecule has 170 valence electrons. The van der Waals surface area contributed by atoms with Crippen LogP contribution in [0.15, 0.2) is 23.8 Å². The molecule has 0 heterocycles. The maximum absolute atomic E-state index is 10.3. The van der Waals surface area contributed by atoms with Crippen LogP contribution in [0.4, 0.5) is 0 Å². The molecule has 0 bridgehead atoms. The molecule has 1 heteroatoms. The third-order valence-electron chi connectivity index (χ3n) is 10.7. The summed E-state index contributed by atoms with van der Waals surface area (Å²) in [5, 5.41) is 10.3. The van der Waals surface area contributed by atoms with Crippen LogP contribution in [0.5, 0.6) is 0 Å². The second-order valence-electron chi connectivity index (χ2n) is 12.5. The van der Waals surface area contributed by atoms with E-state index in [1.54, 1.807) is 0 Å². The average molecular weight is 413 g/mol. The molecule has 4 aliphatic carbocycles. The van der Waals surface area contributed by atoms with Crippen molar-refractivity contribution < 1.29 is 5.11 Å². The van der Waals surface area contributed by atoms with E-state index in [0.717, 1.165) is 42.4 Å². The molecule has 0 aliphatic heterocycles. The minimum absolute atomic E-state index is 0.0480. The van der Waals surface area contributed by atoms with E-state index < -0.39 is 0 Å². The lowest BCUT2D eigenvalue weighted by molar-refractivity contribution is -0.0414. The van der Waals surface area contributed by atoms with Crippen LogP contribution in [0.25, 0.3) is 0 Å². The minimum Gasteiger partial charge on any atom is -0.393 e. The lowest BCUT2D eigenvalue weighted by Gasteiger charge is -2.57. The number of aliphatic hydroxyl groups is 1. The molecule has 0 unspecified atom stereocenters. The fourth-order valence-corrected chi connectivity index (χ4v) is 8.68. The predicted octanol–water partition coefficient (Wildman–Crippen LogP) is 7.80. The van der Waals surface area contributed by atoms with Crippen LogP contribution in [0, 0.1) is 52.3 Å². The molecule has 1 N–H and O–H groups in total. The number of aliphatic hydroxyl groups excluding tert-OH is 1. The van der Waals surface area contributed by atoms with Crippen LogP contribution in [0.1, 0.15) is 99.3 Å². The van der Waals surface area contributed by atoms with Gasteiger partial charge in [0.1, 0.15) is 0 Å². The van der Waals surface area contributed by atoms with Gasteiger partial charge in [-0.3, -0.25) is 0 Å². The largest absolute Gasteiger partial charge is 0.393 e. The van der Waals surface area contributed by atoms with Crippen molar-refractivity contribution in [3.63, 3.8) is 0 Å². The zero-order valence-corrected chi connectivity index (χ0v) is 20.7. The van der Waals surface area contributed by atoms with Gasteiger partial charge in [-0.05, 0) is 110 Å². The topological polar surface area (TPSA) is 20.2 Å². The SMILES string of the molecule is CC[C@H](/C=C/[C@@H](C)[C@@H]1CC[C@@H]2C3=CC[C@@H]4C[C@@H](O)CC[C@@]4(C)[C@H]3CC[C@@]21C)C(C)C. The Labute approximate surface area is 186 Å². The van der Waals surface area contributed by atoms with E-state index in [0.29, 0.717) is 22.7 Å². The van der Waals surface area contributed by atoms with Crippen LogP contribution in [0.2, 0.25) is 0 Å². The Morgan fingerprint density at radius 1 is 1.00 bits per heavy atom. The molecule has 9 atom stereocenters. The van der Waals surface area contributed by atoms with E-state index in [2.05, 4.69) is 59.8 Å². The van der Waals surface area contributed by atoms with Gasteiger partial charge in [0, 0.05) is 0 Å². The second-order valence-corrected chi connectivity index (χ2v) is 12.5. The Bertz CT molecular complexity index is 674. The van der Waals surface area contributed by atoms with Crippen LogP contribution in [-0.2, 0) is 0 Å². The van der Waals surface area contributed by atoms with Crippen molar-refractivity contribution in [1.82, 2.24) is 0 Å². The van der Waals surface area contributed by atoms with Crippen LogP contribution in [-0.4, -0.2) is 11.2 Å². The lowest BCUT2D eigenvalue weighted by Crippen LogP contribution is -2.49. The highest BCUT2D eigenvalue weighted by atomic mass is 16.3. The zero-order chi connectivity index (χ0) is 21.7. The standard InChI is InChI=1S/C29H48O/c1-7-21(19(2)3)9-8-20(4)25-12-13-26-24-11-10-22-18-23(30)14-16-28(22,5)27(24)15-17-29(25,26)6/h8-9,11,19-23,25-27,30H,7,10,12-18H2,1-6H3/b9-8+/t20-,21-,22-,23+,25+,26-,27+,28-,29-/m1/s1. The Morgan fingerprint density at radius 2 is 1.70 bits per heavy atom. The minimum atomic E-state index is -0.0480. The van der Waals surface area contributed by atoms with Gasteiger partial charge in [0.25, 0.3) is 0 Å². The highest BCUT2D eigenvalue weighted by molar-refractivity contribution is 5.28. The van der Waals surface area contributed by atoms with Crippen LogP contribution in [0.3, 0.4) is 0 Å². The van der Waals surface area contributed by atoms with Gasteiger partial charge in [-0.2, -0.15) is 0 Å². The van der Waals surface area contributed by atoms with Gasteiger partial charge >= 0.3 is 0 Å². The molecular weight excluding hydrogens is 364 g/mol. The van der Waals surface area contributed by atoms with Gasteiger partial charge in [0.05, 0.1) is 6.10 Å². The second kappa shape index (κ2) is 8.42. The summed E-state index contributed by atoms with van der Waals surface area (Å²) in [7, 11) is 0. The third-order valence-corrected chi connectivity index (χ3v) is 10.7. The normalized spacial score (nSPS) is 45.6. The average Bonchev–Trinajstić information content (AvgIpc) is 3.06. The van der Waals surface area contributed by atoms with E-state index in [1.165, 1.54) is 44.9 Å². The fourth-order valence-electron chi connectivity index (χ4n) is 8.68. The molecule has 0 saturated heterocycles. The molecule has 0 spiro atoms. The Morgan fingerprint density at radius 3 is 2.40 bits per heavy atom. The number of fused-ring (bicyclic) bond motifs is 5. The molecule has 1 nitrogen and oxygen atoms in total. The number of rotatable bonds is 5. The first-order chi connectivity index (χ1) is 14.2. The molecule has 3 fully saturated rings. The lowest BCUT2D eigenvalue weighted by atomic mass is 9.47. The van der Waals surface area contributed by atoms with Gasteiger partial charge in [-0.1, -0.05) is 65.3 Å². The third kappa shape index (κ3) is 3.66. The molecule has 0 radical (unpaired) electrons. The number of hydrogen-bond donors (Lipinski definition) is 1. The van der Waals surface area contributed by atoms with Crippen molar-refractivity contribution in [2.45, 2.75) is 105 Å². The van der Waals surface area contributed by atoms with Gasteiger partial charge in [-0.15, -0.1) is 0 Å². The van der Waals surface area contributed by atoms with E-state index >= 15 is 0 Å². The maximum Gasteiger partial charge on any atom is 0.0543 e. The quantitative estimate of drug-likeness (QED) is 0.457. The Hall–Kier alpha value is -0.560. The summed E-state index contributed by atoms with van der Waals surface area (Å²) < 4.78 is 0. The molecular formula is C29H48O. The molecule has 0 amide bonds. The molecule has 0 aromatic rings. The van der Waals surface area contributed by atoms with Crippen molar-refractivity contribution in [2.24, 2.45) is 52.3 Å². The first-order valence-electron chi connectivity index (χ1n) is 13.3. The molecule has 4 rings (SSSR count). The summed E-state index contributed by atoms with van der Waals surface area (Å²) in [6, 6.07) is 0. The van der Waals surface area contributed by atoms with E-state index in [9.17, 15) is 5.11 Å². The highest BCUT2D eigenvalue weighted by Crippen LogP contribution is 2.66. The fraction of sp³-hybridized carbons (Fsp3) is 0.862. The van der Waals surface area contributed by atoms with E-state index in [-0.39, 0.29) is 6.10 Å².